The largest absolute Gasteiger partial charge is 0.391 e. The van der Waals surface area contributed by atoms with Crippen molar-refractivity contribution in [3.63, 3.8) is 0 Å². The molecular weight excluding hydrogens is 524 g/mol. The summed E-state index contributed by atoms with van der Waals surface area (Å²) in [5.74, 6) is 1.18. The van der Waals surface area contributed by atoms with Gasteiger partial charge in [-0.25, -0.2) is 18.4 Å². The van der Waals surface area contributed by atoms with Crippen molar-refractivity contribution in [2.75, 3.05) is 23.7 Å². The Labute approximate surface area is 224 Å². The number of sulfonamides is 1. The minimum absolute atomic E-state index is 0.0547. The second-order valence-electron chi connectivity index (χ2n) is 10.7. The average molecular weight is 553 g/mol. The number of anilines is 3. The number of nitrogens with zero attached hydrogens (tertiary/aromatic N) is 6. The Morgan fingerprint density at radius 3 is 2.89 bits per heavy atom. The lowest BCUT2D eigenvalue weighted by Gasteiger charge is -2.60. The highest BCUT2D eigenvalue weighted by Crippen LogP contribution is 2.57. The van der Waals surface area contributed by atoms with E-state index in [1.807, 2.05) is 18.2 Å². The molecule has 7 rings (SSSR count). The zero-order valence-corrected chi connectivity index (χ0v) is 22.2. The van der Waals surface area contributed by atoms with E-state index in [4.69, 9.17) is 10.2 Å². The molecule has 4 fully saturated rings. The lowest BCUT2D eigenvalue weighted by atomic mass is 9.82. The van der Waals surface area contributed by atoms with Crippen molar-refractivity contribution in [1.29, 1.82) is 5.26 Å². The molecule has 1 unspecified atom stereocenters. The van der Waals surface area contributed by atoms with Crippen LogP contribution in [-0.4, -0.2) is 73.8 Å². The molecule has 3 aromatic rings. The van der Waals surface area contributed by atoms with Crippen LogP contribution < -0.4 is 10.6 Å². The maximum absolute atomic E-state index is 13.5. The van der Waals surface area contributed by atoms with Crippen LogP contribution in [0.4, 0.5) is 16.8 Å². The number of rotatable bonds is 7. The zero-order valence-electron chi connectivity index (χ0n) is 20.6. The minimum atomic E-state index is -3.45. The number of aliphatic hydroxyl groups is 1. The number of hydrogen-bond acceptors (Lipinski definition) is 11. The molecule has 4 aliphatic rings. The van der Waals surface area contributed by atoms with E-state index in [0.717, 1.165) is 40.9 Å². The zero-order chi connectivity index (χ0) is 26.1. The van der Waals surface area contributed by atoms with E-state index in [1.54, 1.807) is 12.4 Å². The summed E-state index contributed by atoms with van der Waals surface area (Å²) in [6.45, 7) is 0.599. The summed E-state index contributed by atoms with van der Waals surface area (Å²) < 4.78 is 28.6. The van der Waals surface area contributed by atoms with Gasteiger partial charge in [0, 0.05) is 55.1 Å². The van der Waals surface area contributed by atoms with Gasteiger partial charge in [-0.1, -0.05) is 11.3 Å². The molecule has 38 heavy (non-hydrogen) atoms. The van der Waals surface area contributed by atoms with Gasteiger partial charge < -0.3 is 15.7 Å². The van der Waals surface area contributed by atoms with E-state index >= 15 is 0 Å². The van der Waals surface area contributed by atoms with Gasteiger partial charge in [0.05, 0.1) is 29.0 Å². The SMILES string of the molecule is N#CC1CN(S(=O)(=O)C23CC[C@@H]4C[C@@H](Nc5nc(Nc6ncc(CO)s6)cc6ncccc56)C[C@H](C2)N43)C1. The molecule has 4 aliphatic heterocycles. The number of aromatic nitrogens is 3. The predicted molar refractivity (Wildman–Crippen MR) is 143 cm³/mol. The molecule has 11 nitrogen and oxygen atoms in total. The number of piperidine rings is 1. The van der Waals surface area contributed by atoms with E-state index in [0.29, 0.717) is 36.9 Å². The smallest absolute Gasteiger partial charge is 0.233 e. The molecule has 0 amide bonds. The van der Waals surface area contributed by atoms with Gasteiger partial charge in [0.1, 0.15) is 16.5 Å². The van der Waals surface area contributed by atoms with Crippen LogP contribution in [0.2, 0.25) is 0 Å². The van der Waals surface area contributed by atoms with Gasteiger partial charge in [0.2, 0.25) is 10.0 Å². The maximum atomic E-state index is 13.5. The van der Waals surface area contributed by atoms with E-state index in [-0.39, 0.29) is 30.7 Å². The van der Waals surface area contributed by atoms with Crippen LogP contribution in [0.1, 0.15) is 37.0 Å². The van der Waals surface area contributed by atoms with E-state index in [2.05, 4.69) is 31.6 Å². The van der Waals surface area contributed by atoms with Gasteiger partial charge in [-0.2, -0.15) is 9.57 Å². The number of hydrogen-bond donors (Lipinski definition) is 3. The number of pyridine rings is 2. The number of aliphatic hydroxyl groups excluding tert-OH is 1. The Balaban J connectivity index is 1.10. The molecular formula is C25H28N8O3S2. The number of fused-ring (bicyclic) bond motifs is 1. The molecule has 3 aromatic heterocycles. The van der Waals surface area contributed by atoms with Crippen molar-refractivity contribution in [1.82, 2.24) is 24.2 Å². The molecule has 0 aromatic carbocycles. The van der Waals surface area contributed by atoms with Gasteiger partial charge in [-0.3, -0.25) is 9.88 Å². The average Bonchev–Trinajstić information content (AvgIpc) is 3.45. The van der Waals surface area contributed by atoms with Gasteiger partial charge in [0.15, 0.2) is 5.13 Å². The Bertz CT molecular complexity index is 1550. The molecule has 0 spiro atoms. The molecule has 4 atom stereocenters. The maximum Gasteiger partial charge on any atom is 0.233 e. The third kappa shape index (κ3) is 3.62. The van der Waals surface area contributed by atoms with Crippen molar-refractivity contribution < 1.29 is 13.5 Å². The third-order valence-corrected chi connectivity index (χ3v) is 11.9. The van der Waals surface area contributed by atoms with E-state index in [1.165, 1.54) is 15.6 Å². The molecule has 13 heteroatoms. The summed E-state index contributed by atoms with van der Waals surface area (Å²) in [4.78, 5) is 16.0. The predicted octanol–water partition coefficient (Wildman–Crippen LogP) is 2.61. The molecule has 198 valence electrons. The topological polar surface area (TPSA) is 147 Å². The van der Waals surface area contributed by atoms with Crippen molar-refractivity contribution in [3.05, 3.63) is 35.5 Å². The summed E-state index contributed by atoms with van der Waals surface area (Å²) >= 11 is 1.37. The molecule has 3 N–H and O–H groups in total. The molecule has 7 heterocycles. The fourth-order valence-corrected chi connectivity index (χ4v) is 10.1. The van der Waals surface area contributed by atoms with Crippen LogP contribution in [0.15, 0.2) is 30.6 Å². The second-order valence-corrected chi connectivity index (χ2v) is 14.0. The van der Waals surface area contributed by atoms with Crippen molar-refractivity contribution >= 4 is 49.0 Å². The van der Waals surface area contributed by atoms with E-state index in [9.17, 15) is 13.5 Å². The lowest BCUT2D eigenvalue weighted by molar-refractivity contribution is -0.0475. The Kier molecular flexibility index (Phi) is 5.61. The second kappa shape index (κ2) is 8.82. The van der Waals surface area contributed by atoms with Gasteiger partial charge in [0.25, 0.3) is 0 Å². The first kappa shape index (κ1) is 24.2. The summed E-state index contributed by atoms with van der Waals surface area (Å²) in [6, 6.07) is 8.56. The van der Waals surface area contributed by atoms with Crippen LogP contribution in [0.25, 0.3) is 10.9 Å². The van der Waals surface area contributed by atoms with Crippen molar-refractivity contribution in [3.8, 4) is 6.07 Å². The highest BCUT2D eigenvalue weighted by molar-refractivity contribution is 7.90. The van der Waals surface area contributed by atoms with E-state index < -0.39 is 14.9 Å². The van der Waals surface area contributed by atoms with Crippen molar-refractivity contribution in [2.24, 2.45) is 5.92 Å². The van der Waals surface area contributed by atoms with Crippen LogP contribution >= 0.6 is 11.3 Å². The minimum Gasteiger partial charge on any atom is -0.391 e. The monoisotopic (exact) mass is 552 g/mol. The van der Waals surface area contributed by atoms with Gasteiger partial charge >= 0.3 is 0 Å². The highest BCUT2D eigenvalue weighted by Gasteiger charge is 2.68. The Morgan fingerprint density at radius 2 is 2.11 bits per heavy atom. The van der Waals surface area contributed by atoms with Crippen LogP contribution in [0, 0.1) is 17.2 Å². The summed E-state index contributed by atoms with van der Waals surface area (Å²) in [5, 5.41) is 26.9. The Morgan fingerprint density at radius 1 is 1.26 bits per heavy atom. The summed E-state index contributed by atoms with van der Waals surface area (Å²) in [5.41, 5.74) is 0.809. The first-order chi connectivity index (χ1) is 18.4. The quantitative estimate of drug-likeness (QED) is 0.399. The molecule has 0 saturated carbocycles. The first-order valence-electron chi connectivity index (χ1n) is 12.9. The van der Waals surface area contributed by atoms with Crippen LogP contribution in [-0.2, 0) is 16.6 Å². The summed E-state index contributed by atoms with van der Waals surface area (Å²) in [6.07, 6.45) is 7.26. The fourth-order valence-electron chi connectivity index (χ4n) is 6.80. The molecule has 0 bridgehead atoms. The Hall–Kier alpha value is -2.89. The molecule has 0 radical (unpaired) electrons. The highest BCUT2D eigenvalue weighted by atomic mass is 32.2. The van der Waals surface area contributed by atoms with Gasteiger partial charge in [-0.05, 0) is 44.2 Å². The first-order valence-corrected chi connectivity index (χ1v) is 15.2. The number of nitriles is 1. The molecule has 0 aliphatic carbocycles. The van der Waals surface area contributed by atoms with Crippen molar-refractivity contribution in [2.45, 2.75) is 61.7 Å². The van der Waals surface area contributed by atoms with Crippen LogP contribution in [0.3, 0.4) is 0 Å². The fraction of sp³-hybridized carbons (Fsp3) is 0.520. The standard InChI is InChI=1S/C25H28N8O3S2/c26-10-15-12-32(13-15)38(35,36)25-4-3-17-6-16(7-18(9-25)33(17)25)29-23-20-2-1-5-27-21(20)8-22(30-23)31-24-28-11-19(14-34)37-24/h1-2,5,8,11,15-18,34H,3-4,6-7,9,12-14H2,(H2,28,29,30,31)/t16-,17-,18-,25?/m1/s1. The third-order valence-electron chi connectivity index (χ3n) is 8.53. The number of nitrogens with one attached hydrogen (secondary N) is 2. The normalized spacial score (nSPS) is 29.3. The molecule has 4 saturated heterocycles. The van der Waals surface area contributed by atoms with Crippen LogP contribution in [0.5, 0.6) is 0 Å². The number of thiazole rings is 1. The lowest BCUT2D eigenvalue weighted by Crippen LogP contribution is -2.74. The summed E-state index contributed by atoms with van der Waals surface area (Å²) in [7, 11) is -3.45. The van der Waals surface area contributed by atoms with Gasteiger partial charge in [-0.15, -0.1) is 0 Å².